The van der Waals surface area contributed by atoms with Crippen LogP contribution in [0.5, 0.6) is 0 Å². The Morgan fingerprint density at radius 3 is 2.16 bits per heavy atom. The standard InChI is InChI=1S/C14H21NO3S/c1-11-7-12(2)9-15(8-11)19(17,18)14-5-3-13(10-16)4-6-14/h3-6,11-12,16H,7-10H2,1-2H3. The number of piperidine rings is 1. The highest BCUT2D eigenvalue weighted by Gasteiger charge is 2.31. The number of aliphatic hydroxyl groups excluding tert-OH is 1. The Labute approximate surface area is 115 Å². The minimum absolute atomic E-state index is 0.0713. The van der Waals surface area contributed by atoms with Crippen LogP contribution in [0.4, 0.5) is 0 Å². The van der Waals surface area contributed by atoms with Gasteiger partial charge in [0.2, 0.25) is 10.0 Å². The van der Waals surface area contributed by atoms with Crippen molar-refractivity contribution in [2.75, 3.05) is 13.1 Å². The predicted molar refractivity (Wildman–Crippen MR) is 74.1 cm³/mol. The summed E-state index contributed by atoms with van der Waals surface area (Å²) < 4.78 is 26.7. The van der Waals surface area contributed by atoms with Crippen LogP contribution in [0.2, 0.25) is 0 Å². The van der Waals surface area contributed by atoms with Crippen LogP contribution in [0.3, 0.4) is 0 Å². The van der Waals surface area contributed by atoms with E-state index in [1.807, 2.05) is 0 Å². The maximum atomic E-state index is 12.5. The molecule has 1 N–H and O–H groups in total. The smallest absolute Gasteiger partial charge is 0.243 e. The SMILES string of the molecule is CC1CC(C)CN(S(=O)(=O)c2ccc(CO)cc2)C1. The zero-order chi connectivity index (χ0) is 14.0. The highest BCUT2D eigenvalue weighted by molar-refractivity contribution is 7.89. The van der Waals surface area contributed by atoms with Gasteiger partial charge in [0.15, 0.2) is 0 Å². The first kappa shape index (κ1) is 14.5. The molecule has 1 aliphatic rings. The van der Waals surface area contributed by atoms with Gasteiger partial charge in [-0.05, 0) is 36.0 Å². The molecule has 0 aliphatic carbocycles. The number of hydrogen-bond acceptors (Lipinski definition) is 3. The molecule has 1 fully saturated rings. The summed E-state index contributed by atoms with van der Waals surface area (Å²) in [5.41, 5.74) is 0.722. The molecule has 0 aromatic heterocycles. The van der Waals surface area contributed by atoms with E-state index in [1.165, 1.54) is 0 Å². The number of rotatable bonds is 3. The number of hydrogen-bond donors (Lipinski definition) is 1. The van der Waals surface area contributed by atoms with E-state index >= 15 is 0 Å². The van der Waals surface area contributed by atoms with E-state index in [9.17, 15) is 8.42 Å². The molecular weight excluding hydrogens is 262 g/mol. The molecule has 5 heteroatoms. The van der Waals surface area contributed by atoms with Gasteiger partial charge in [-0.15, -0.1) is 0 Å². The van der Waals surface area contributed by atoms with Gasteiger partial charge in [0.05, 0.1) is 11.5 Å². The summed E-state index contributed by atoms with van der Waals surface area (Å²) in [6.45, 7) is 5.29. The number of sulfonamides is 1. The Kier molecular flexibility index (Phi) is 4.28. The maximum absolute atomic E-state index is 12.5. The van der Waals surface area contributed by atoms with Crippen LogP contribution >= 0.6 is 0 Å². The van der Waals surface area contributed by atoms with Crippen molar-refractivity contribution in [3.8, 4) is 0 Å². The van der Waals surface area contributed by atoms with Gasteiger partial charge in [-0.2, -0.15) is 4.31 Å². The summed E-state index contributed by atoms with van der Waals surface area (Å²) in [6.07, 6.45) is 1.08. The maximum Gasteiger partial charge on any atom is 0.243 e. The molecule has 2 rings (SSSR count). The normalized spacial score (nSPS) is 25.4. The third-order valence-corrected chi connectivity index (χ3v) is 5.42. The van der Waals surface area contributed by atoms with Crippen LogP contribution < -0.4 is 0 Å². The van der Waals surface area contributed by atoms with Crippen LogP contribution in [0, 0.1) is 11.8 Å². The molecule has 1 aromatic carbocycles. The molecular formula is C14H21NO3S. The Hall–Kier alpha value is -0.910. The van der Waals surface area contributed by atoms with Crippen molar-refractivity contribution in [3.63, 3.8) is 0 Å². The van der Waals surface area contributed by atoms with Gasteiger partial charge in [0, 0.05) is 13.1 Å². The van der Waals surface area contributed by atoms with Crippen molar-refractivity contribution in [3.05, 3.63) is 29.8 Å². The molecule has 1 aromatic rings. The molecule has 1 saturated heterocycles. The lowest BCUT2D eigenvalue weighted by Gasteiger charge is -2.34. The summed E-state index contributed by atoms with van der Waals surface area (Å²) >= 11 is 0. The Bertz CT molecular complexity index is 514. The fourth-order valence-electron chi connectivity index (χ4n) is 2.72. The highest BCUT2D eigenvalue weighted by atomic mass is 32.2. The zero-order valence-electron chi connectivity index (χ0n) is 11.4. The lowest BCUT2D eigenvalue weighted by molar-refractivity contribution is 0.222. The molecule has 0 amide bonds. The lowest BCUT2D eigenvalue weighted by Crippen LogP contribution is -2.42. The minimum atomic E-state index is -3.40. The average molecular weight is 283 g/mol. The second-order valence-electron chi connectivity index (χ2n) is 5.57. The second-order valence-corrected chi connectivity index (χ2v) is 7.51. The molecule has 1 aliphatic heterocycles. The van der Waals surface area contributed by atoms with Gasteiger partial charge in [0.25, 0.3) is 0 Å². The molecule has 4 nitrogen and oxygen atoms in total. The summed E-state index contributed by atoms with van der Waals surface area (Å²) in [7, 11) is -3.40. The molecule has 0 radical (unpaired) electrons. The lowest BCUT2D eigenvalue weighted by atomic mass is 9.94. The monoisotopic (exact) mass is 283 g/mol. The van der Waals surface area contributed by atoms with Crippen molar-refractivity contribution in [1.82, 2.24) is 4.31 Å². The molecule has 2 unspecified atom stereocenters. The number of aliphatic hydroxyl groups is 1. The Balaban J connectivity index is 2.25. The third kappa shape index (κ3) is 3.16. The summed E-state index contributed by atoms with van der Waals surface area (Å²) in [6, 6.07) is 6.46. The van der Waals surface area contributed by atoms with Crippen molar-refractivity contribution >= 4 is 10.0 Å². The summed E-state index contributed by atoms with van der Waals surface area (Å²) in [4.78, 5) is 0.311. The van der Waals surface area contributed by atoms with E-state index in [0.29, 0.717) is 29.8 Å². The van der Waals surface area contributed by atoms with Gasteiger partial charge >= 0.3 is 0 Å². The molecule has 1 heterocycles. The van der Waals surface area contributed by atoms with Crippen LogP contribution in [-0.4, -0.2) is 30.9 Å². The summed E-state index contributed by atoms with van der Waals surface area (Å²) in [5, 5.41) is 8.99. The van der Waals surface area contributed by atoms with Gasteiger partial charge < -0.3 is 5.11 Å². The van der Waals surface area contributed by atoms with Crippen LogP contribution in [0.15, 0.2) is 29.2 Å². The number of nitrogens with zero attached hydrogens (tertiary/aromatic N) is 1. The first-order valence-electron chi connectivity index (χ1n) is 6.63. The van der Waals surface area contributed by atoms with Crippen molar-refractivity contribution < 1.29 is 13.5 Å². The van der Waals surface area contributed by atoms with E-state index in [2.05, 4.69) is 13.8 Å². The average Bonchev–Trinajstić information content (AvgIpc) is 2.37. The molecule has 0 bridgehead atoms. The predicted octanol–water partition coefficient (Wildman–Crippen LogP) is 1.85. The van der Waals surface area contributed by atoms with E-state index < -0.39 is 10.0 Å². The highest BCUT2D eigenvalue weighted by Crippen LogP contribution is 2.26. The van der Waals surface area contributed by atoms with Crippen LogP contribution in [0.25, 0.3) is 0 Å². The van der Waals surface area contributed by atoms with E-state index in [-0.39, 0.29) is 6.61 Å². The Morgan fingerprint density at radius 1 is 1.16 bits per heavy atom. The van der Waals surface area contributed by atoms with E-state index in [0.717, 1.165) is 12.0 Å². The second kappa shape index (κ2) is 5.61. The van der Waals surface area contributed by atoms with Gasteiger partial charge in [-0.3, -0.25) is 0 Å². The van der Waals surface area contributed by atoms with Crippen molar-refractivity contribution in [2.45, 2.75) is 31.8 Å². The largest absolute Gasteiger partial charge is 0.392 e. The Morgan fingerprint density at radius 2 is 1.68 bits per heavy atom. The van der Waals surface area contributed by atoms with Crippen LogP contribution in [0.1, 0.15) is 25.8 Å². The van der Waals surface area contributed by atoms with Gasteiger partial charge in [0.1, 0.15) is 0 Å². The molecule has 2 atom stereocenters. The quantitative estimate of drug-likeness (QED) is 0.921. The molecule has 106 valence electrons. The zero-order valence-corrected chi connectivity index (χ0v) is 12.2. The van der Waals surface area contributed by atoms with E-state index in [1.54, 1.807) is 28.6 Å². The molecule has 19 heavy (non-hydrogen) atoms. The van der Waals surface area contributed by atoms with Gasteiger partial charge in [-0.1, -0.05) is 26.0 Å². The first-order chi connectivity index (χ1) is 8.93. The fraction of sp³-hybridized carbons (Fsp3) is 0.571. The minimum Gasteiger partial charge on any atom is -0.392 e. The summed E-state index contributed by atoms with van der Waals surface area (Å²) in [5.74, 6) is 0.797. The topological polar surface area (TPSA) is 57.6 Å². The molecule has 0 spiro atoms. The van der Waals surface area contributed by atoms with Crippen LogP contribution in [-0.2, 0) is 16.6 Å². The third-order valence-electron chi connectivity index (χ3n) is 3.58. The van der Waals surface area contributed by atoms with E-state index in [4.69, 9.17) is 5.11 Å². The van der Waals surface area contributed by atoms with Crippen molar-refractivity contribution in [2.24, 2.45) is 11.8 Å². The molecule has 0 saturated carbocycles. The fourth-order valence-corrected chi connectivity index (χ4v) is 4.40. The first-order valence-corrected chi connectivity index (χ1v) is 8.07. The van der Waals surface area contributed by atoms with Crippen molar-refractivity contribution in [1.29, 1.82) is 0 Å². The van der Waals surface area contributed by atoms with Gasteiger partial charge in [-0.25, -0.2) is 8.42 Å². The number of benzene rings is 1.